The van der Waals surface area contributed by atoms with E-state index in [0.29, 0.717) is 24.3 Å². The molecule has 1 atom stereocenters. The van der Waals surface area contributed by atoms with Gasteiger partial charge in [0, 0.05) is 20.2 Å². The van der Waals surface area contributed by atoms with E-state index in [1.165, 1.54) is 4.31 Å². The second kappa shape index (κ2) is 6.87. The van der Waals surface area contributed by atoms with E-state index >= 15 is 0 Å². The number of rotatable bonds is 5. The summed E-state index contributed by atoms with van der Waals surface area (Å²) in [5.74, 6) is 0.250. The lowest BCUT2D eigenvalue weighted by Crippen LogP contribution is -2.35. The minimum absolute atomic E-state index is 0.164. The van der Waals surface area contributed by atoms with Crippen LogP contribution >= 0.6 is 0 Å². The molecular weight excluding hydrogens is 290 g/mol. The van der Waals surface area contributed by atoms with Crippen molar-refractivity contribution in [3.8, 4) is 0 Å². The first-order valence-corrected chi connectivity index (χ1v) is 8.63. The van der Waals surface area contributed by atoms with Gasteiger partial charge in [-0.05, 0) is 42.9 Å². The minimum Gasteiger partial charge on any atom is -0.392 e. The van der Waals surface area contributed by atoms with E-state index in [1.54, 1.807) is 32.2 Å². The SMILES string of the molecule is Cc1ccc(CO)cc1S(=O)(=O)N(C)CC1CCCOC1. The molecule has 1 fully saturated rings. The molecule has 118 valence electrons. The van der Waals surface area contributed by atoms with E-state index < -0.39 is 10.0 Å². The van der Waals surface area contributed by atoms with E-state index in [-0.39, 0.29) is 17.4 Å². The second-order valence-electron chi connectivity index (χ2n) is 5.63. The van der Waals surface area contributed by atoms with E-state index in [1.807, 2.05) is 0 Å². The van der Waals surface area contributed by atoms with Crippen molar-refractivity contribution in [2.75, 3.05) is 26.8 Å². The number of hydrogen-bond donors (Lipinski definition) is 1. The zero-order valence-corrected chi connectivity index (χ0v) is 13.4. The number of hydrogen-bond acceptors (Lipinski definition) is 4. The molecule has 1 saturated heterocycles. The quantitative estimate of drug-likeness (QED) is 0.895. The van der Waals surface area contributed by atoms with Crippen molar-refractivity contribution in [2.45, 2.75) is 31.3 Å². The van der Waals surface area contributed by atoms with Crippen molar-refractivity contribution < 1.29 is 18.3 Å². The maximum atomic E-state index is 12.7. The molecule has 6 heteroatoms. The summed E-state index contributed by atoms with van der Waals surface area (Å²) in [6.45, 7) is 3.46. The molecule has 0 aromatic heterocycles. The molecule has 0 amide bonds. The summed E-state index contributed by atoms with van der Waals surface area (Å²) >= 11 is 0. The van der Waals surface area contributed by atoms with Crippen LogP contribution in [0.4, 0.5) is 0 Å². The highest BCUT2D eigenvalue weighted by atomic mass is 32.2. The number of aliphatic hydroxyl groups is 1. The number of sulfonamides is 1. The first-order valence-electron chi connectivity index (χ1n) is 7.19. The molecule has 5 nitrogen and oxygen atoms in total. The summed E-state index contributed by atoms with van der Waals surface area (Å²) < 4.78 is 32.2. The normalized spacial score (nSPS) is 19.9. The van der Waals surface area contributed by atoms with Crippen molar-refractivity contribution in [3.63, 3.8) is 0 Å². The van der Waals surface area contributed by atoms with Crippen molar-refractivity contribution in [2.24, 2.45) is 5.92 Å². The van der Waals surface area contributed by atoms with Crippen LogP contribution in [-0.2, 0) is 21.4 Å². The highest BCUT2D eigenvalue weighted by molar-refractivity contribution is 7.89. The Morgan fingerprint density at radius 3 is 2.81 bits per heavy atom. The van der Waals surface area contributed by atoms with Gasteiger partial charge in [-0.1, -0.05) is 12.1 Å². The number of nitrogens with zero attached hydrogens (tertiary/aromatic N) is 1. The van der Waals surface area contributed by atoms with Crippen LogP contribution in [0.5, 0.6) is 0 Å². The number of benzene rings is 1. The molecule has 1 unspecified atom stereocenters. The molecule has 0 spiro atoms. The topological polar surface area (TPSA) is 66.8 Å². The Morgan fingerprint density at radius 1 is 1.43 bits per heavy atom. The maximum absolute atomic E-state index is 12.7. The first-order chi connectivity index (χ1) is 9.95. The van der Waals surface area contributed by atoms with Gasteiger partial charge in [0.05, 0.1) is 18.1 Å². The third-order valence-corrected chi connectivity index (χ3v) is 5.86. The Hall–Kier alpha value is -0.950. The molecule has 1 aromatic rings. The lowest BCUT2D eigenvalue weighted by atomic mass is 10.0. The van der Waals surface area contributed by atoms with Gasteiger partial charge in [-0.25, -0.2) is 12.7 Å². The molecule has 1 heterocycles. The number of aryl methyl sites for hydroxylation is 1. The molecule has 1 aliphatic rings. The average molecular weight is 313 g/mol. The second-order valence-corrected chi connectivity index (χ2v) is 7.64. The van der Waals surface area contributed by atoms with E-state index in [4.69, 9.17) is 4.74 Å². The Morgan fingerprint density at radius 2 is 2.19 bits per heavy atom. The minimum atomic E-state index is -3.53. The molecule has 1 aromatic carbocycles. The van der Waals surface area contributed by atoms with Crippen LogP contribution in [0.2, 0.25) is 0 Å². The van der Waals surface area contributed by atoms with Crippen LogP contribution in [-0.4, -0.2) is 44.6 Å². The summed E-state index contributed by atoms with van der Waals surface area (Å²) in [6, 6.07) is 5.03. The van der Waals surface area contributed by atoms with Gasteiger partial charge in [-0.15, -0.1) is 0 Å². The Balaban J connectivity index is 2.20. The fourth-order valence-electron chi connectivity index (χ4n) is 2.60. The van der Waals surface area contributed by atoms with Crippen LogP contribution in [0, 0.1) is 12.8 Å². The Kier molecular flexibility index (Phi) is 5.37. The largest absolute Gasteiger partial charge is 0.392 e. The van der Waals surface area contributed by atoms with Gasteiger partial charge in [-0.2, -0.15) is 0 Å². The van der Waals surface area contributed by atoms with Crippen molar-refractivity contribution >= 4 is 10.0 Å². The zero-order valence-electron chi connectivity index (χ0n) is 12.6. The molecule has 1 aliphatic heterocycles. The lowest BCUT2D eigenvalue weighted by molar-refractivity contribution is 0.0495. The van der Waals surface area contributed by atoms with E-state index in [2.05, 4.69) is 0 Å². The lowest BCUT2D eigenvalue weighted by Gasteiger charge is -2.27. The van der Waals surface area contributed by atoms with Crippen LogP contribution in [0.1, 0.15) is 24.0 Å². The van der Waals surface area contributed by atoms with Crippen LogP contribution < -0.4 is 0 Å². The van der Waals surface area contributed by atoms with Gasteiger partial charge in [0.1, 0.15) is 0 Å². The first kappa shape index (κ1) is 16.4. The predicted molar refractivity (Wildman–Crippen MR) is 80.5 cm³/mol. The van der Waals surface area contributed by atoms with Gasteiger partial charge < -0.3 is 9.84 Å². The summed E-state index contributed by atoms with van der Waals surface area (Å²) in [4.78, 5) is 0.272. The molecule has 0 bridgehead atoms. The van der Waals surface area contributed by atoms with E-state index in [0.717, 1.165) is 19.4 Å². The maximum Gasteiger partial charge on any atom is 0.243 e. The van der Waals surface area contributed by atoms with Gasteiger partial charge in [0.15, 0.2) is 0 Å². The monoisotopic (exact) mass is 313 g/mol. The summed E-state index contributed by atoms with van der Waals surface area (Å²) in [7, 11) is -1.93. The Labute approximate surface area is 126 Å². The van der Waals surface area contributed by atoms with E-state index in [9.17, 15) is 13.5 Å². The molecule has 0 aliphatic carbocycles. The number of ether oxygens (including phenoxy) is 1. The predicted octanol–water partition coefficient (Wildman–Crippen LogP) is 1.53. The fourth-order valence-corrected chi connectivity index (χ4v) is 4.12. The van der Waals surface area contributed by atoms with Gasteiger partial charge in [-0.3, -0.25) is 0 Å². The van der Waals surface area contributed by atoms with Crippen molar-refractivity contribution in [1.82, 2.24) is 4.31 Å². The summed E-state index contributed by atoms with van der Waals surface area (Å²) in [5.41, 5.74) is 1.30. The summed E-state index contributed by atoms with van der Waals surface area (Å²) in [6.07, 6.45) is 1.98. The fraction of sp³-hybridized carbons (Fsp3) is 0.600. The number of aliphatic hydroxyl groups excluding tert-OH is 1. The van der Waals surface area contributed by atoms with Crippen molar-refractivity contribution in [3.05, 3.63) is 29.3 Å². The van der Waals surface area contributed by atoms with Gasteiger partial charge in [0.25, 0.3) is 0 Å². The molecule has 21 heavy (non-hydrogen) atoms. The molecule has 1 N–H and O–H groups in total. The molecule has 0 radical (unpaired) electrons. The highest BCUT2D eigenvalue weighted by Gasteiger charge is 2.26. The molecule has 0 saturated carbocycles. The van der Waals surface area contributed by atoms with Crippen molar-refractivity contribution in [1.29, 1.82) is 0 Å². The standard InChI is InChI=1S/C15H23NO4S/c1-12-5-6-13(10-17)8-15(12)21(18,19)16(2)9-14-4-3-7-20-11-14/h5-6,8,14,17H,3-4,7,9-11H2,1-2H3. The van der Waals surface area contributed by atoms with Gasteiger partial charge in [0.2, 0.25) is 10.0 Å². The molecule has 2 rings (SSSR count). The van der Waals surface area contributed by atoms with Crippen LogP contribution in [0.25, 0.3) is 0 Å². The molecular formula is C15H23NO4S. The third kappa shape index (κ3) is 3.83. The third-order valence-electron chi connectivity index (χ3n) is 3.89. The Bertz CT molecular complexity index is 579. The summed E-state index contributed by atoms with van der Waals surface area (Å²) in [5, 5.41) is 9.19. The van der Waals surface area contributed by atoms with Crippen LogP contribution in [0.15, 0.2) is 23.1 Å². The van der Waals surface area contributed by atoms with Crippen LogP contribution in [0.3, 0.4) is 0 Å². The zero-order chi connectivity index (χ0) is 15.5. The highest BCUT2D eigenvalue weighted by Crippen LogP contribution is 2.23. The van der Waals surface area contributed by atoms with Gasteiger partial charge >= 0.3 is 0 Å². The average Bonchev–Trinajstić information content (AvgIpc) is 2.48. The smallest absolute Gasteiger partial charge is 0.243 e.